The van der Waals surface area contributed by atoms with Gasteiger partial charge >= 0.3 is 0 Å². The maximum absolute atomic E-state index is 13.1. The van der Waals surface area contributed by atoms with Crippen LogP contribution in [0.2, 0.25) is 0 Å². The van der Waals surface area contributed by atoms with Crippen molar-refractivity contribution in [2.75, 3.05) is 7.11 Å². The number of benzene rings is 2. The van der Waals surface area contributed by atoms with Gasteiger partial charge in [-0.3, -0.25) is 4.79 Å². The molecule has 0 saturated carbocycles. The fourth-order valence-corrected chi connectivity index (χ4v) is 3.48. The highest BCUT2D eigenvalue weighted by Gasteiger charge is 2.23. The van der Waals surface area contributed by atoms with Gasteiger partial charge in [-0.2, -0.15) is 9.78 Å². The summed E-state index contributed by atoms with van der Waals surface area (Å²) in [5.74, 6) is 0.871. The third-order valence-corrected chi connectivity index (χ3v) is 5.27. The number of hydrogen-bond acceptors (Lipinski definition) is 5. The van der Waals surface area contributed by atoms with Gasteiger partial charge in [-0.05, 0) is 46.3 Å². The van der Waals surface area contributed by atoms with Crippen molar-refractivity contribution >= 4 is 49.0 Å². The first-order chi connectivity index (χ1) is 13.1. The number of fused-ring (bicyclic) bond motifs is 1. The molecule has 2 aromatic carbocycles. The number of aromatic hydroxyl groups is 1. The van der Waals surface area contributed by atoms with Gasteiger partial charge < -0.3 is 9.84 Å². The summed E-state index contributed by atoms with van der Waals surface area (Å²) in [6.45, 7) is 5.93. The van der Waals surface area contributed by atoms with Gasteiger partial charge in [-0.15, -0.1) is 0 Å². The minimum absolute atomic E-state index is 0.0105. The summed E-state index contributed by atoms with van der Waals surface area (Å²) in [4.78, 5) is 17.8. The van der Waals surface area contributed by atoms with Crippen LogP contribution in [-0.4, -0.2) is 28.1 Å². The monoisotopic (exact) mass is 507 g/mol. The molecule has 0 spiro atoms. The highest BCUT2D eigenvalue weighted by molar-refractivity contribution is 9.10. The third-order valence-electron chi connectivity index (χ3n) is 4.09. The molecule has 146 valence electrons. The average Bonchev–Trinajstić information content (AvgIpc) is 2.61. The topological polar surface area (TPSA) is 76.7 Å². The Balaban J connectivity index is 2.23. The first kappa shape index (κ1) is 20.5. The molecule has 8 heteroatoms. The van der Waals surface area contributed by atoms with E-state index in [1.165, 1.54) is 24.1 Å². The zero-order chi connectivity index (χ0) is 20.6. The van der Waals surface area contributed by atoms with Crippen LogP contribution in [0.25, 0.3) is 10.9 Å². The van der Waals surface area contributed by atoms with Gasteiger partial charge in [0.05, 0.1) is 24.2 Å². The number of aromatic nitrogens is 2. The summed E-state index contributed by atoms with van der Waals surface area (Å²) in [5, 5.41) is 14.8. The second-order valence-electron chi connectivity index (χ2n) is 7.25. The van der Waals surface area contributed by atoms with E-state index in [0.717, 1.165) is 4.47 Å². The molecular weight excluding hydrogens is 490 g/mol. The zero-order valence-electron chi connectivity index (χ0n) is 15.8. The average molecular weight is 509 g/mol. The van der Waals surface area contributed by atoms with Gasteiger partial charge in [-0.1, -0.05) is 36.7 Å². The molecular formula is C20H19Br2N3O3. The smallest absolute Gasteiger partial charge is 0.282 e. The molecule has 0 amide bonds. The van der Waals surface area contributed by atoms with Crippen molar-refractivity contribution in [3.05, 3.63) is 61.0 Å². The number of phenols is 1. The molecule has 6 nitrogen and oxygen atoms in total. The van der Waals surface area contributed by atoms with E-state index >= 15 is 0 Å². The highest BCUT2D eigenvalue weighted by Crippen LogP contribution is 2.31. The van der Waals surface area contributed by atoms with Crippen LogP contribution < -0.4 is 10.3 Å². The van der Waals surface area contributed by atoms with Crippen LogP contribution in [0.4, 0.5) is 0 Å². The van der Waals surface area contributed by atoms with Crippen LogP contribution in [0.5, 0.6) is 11.5 Å². The van der Waals surface area contributed by atoms with E-state index in [-0.39, 0.29) is 11.3 Å². The van der Waals surface area contributed by atoms with E-state index in [9.17, 15) is 9.90 Å². The van der Waals surface area contributed by atoms with Crippen molar-refractivity contribution in [3.63, 3.8) is 0 Å². The lowest BCUT2D eigenvalue weighted by molar-refractivity contribution is 0.373. The minimum Gasteiger partial charge on any atom is -0.504 e. The summed E-state index contributed by atoms with van der Waals surface area (Å²) < 4.78 is 7.88. The van der Waals surface area contributed by atoms with E-state index in [1.807, 2.05) is 32.9 Å². The van der Waals surface area contributed by atoms with Gasteiger partial charge in [0.2, 0.25) is 0 Å². The number of hydrogen-bond donors (Lipinski definition) is 1. The lowest BCUT2D eigenvalue weighted by Crippen LogP contribution is -2.29. The first-order valence-corrected chi connectivity index (χ1v) is 10.0. The molecule has 0 saturated heterocycles. The summed E-state index contributed by atoms with van der Waals surface area (Å²) in [6.07, 6.45) is 1.54. The summed E-state index contributed by atoms with van der Waals surface area (Å²) in [5.41, 5.74) is 0.615. The molecule has 0 unspecified atom stereocenters. The molecule has 0 bridgehead atoms. The van der Waals surface area contributed by atoms with Crippen LogP contribution in [-0.2, 0) is 5.41 Å². The predicted octanol–water partition coefficient (Wildman–Crippen LogP) is 4.82. The Labute approximate surface area is 179 Å². The van der Waals surface area contributed by atoms with E-state index < -0.39 is 5.41 Å². The van der Waals surface area contributed by atoms with Crippen LogP contribution in [0.15, 0.2) is 49.2 Å². The summed E-state index contributed by atoms with van der Waals surface area (Å²) >= 11 is 6.79. The predicted molar refractivity (Wildman–Crippen MR) is 118 cm³/mol. The van der Waals surface area contributed by atoms with Gasteiger partial charge in [0.15, 0.2) is 11.5 Å². The Morgan fingerprint density at radius 3 is 2.57 bits per heavy atom. The molecule has 0 aliphatic carbocycles. The molecule has 3 aromatic rings. The van der Waals surface area contributed by atoms with Crippen LogP contribution >= 0.6 is 31.9 Å². The van der Waals surface area contributed by atoms with Crippen LogP contribution in [0.3, 0.4) is 0 Å². The molecule has 1 heterocycles. The number of ether oxygens (including phenoxy) is 1. The molecule has 1 aromatic heterocycles. The summed E-state index contributed by atoms with van der Waals surface area (Å²) in [7, 11) is 1.47. The zero-order valence-corrected chi connectivity index (χ0v) is 19.0. The molecule has 3 rings (SSSR count). The largest absolute Gasteiger partial charge is 0.504 e. The van der Waals surface area contributed by atoms with Crippen molar-refractivity contribution in [3.8, 4) is 11.5 Å². The van der Waals surface area contributed by atoms with Crippen LogP contribution in [0, 0.1) is 0 Å². The van der Waals surface area contributed by atoms with E-state index in [4.69, 9.17) is 4.74 Å². The maximum atomic E-state index is 13.1. The fraction of sp³-hybridized carbons (Fsp3) is 0.250. The fourth-order valence-electron chi connectivity index (χ4n) is 2.68. The van der Waals surface area contributed by atoms with Crippen LogP contribution in [0.1, 0.15) is 32.2 Å². The summed E-state index contributed by atoms with van der Waals surface area (Å²) in [6, 6.07) is 8.56. The first-order valence-electron chi connectivity index (χ1n) is 8.45. The molecule has 0 aliphatic heterocycles. The molecule has 0 radical (unpaired) electrons. The van der Waals surface area contributed by atoms with E-state index in [0.29, 0.717) is 32.5 Å². The Kier molecular flexibility index (Phi) is 5.63. The molecule has 0 fully saturated rings. The molecule has 0 aliphatic rings. The van der Waals surface area contributed by atoms with Gasteiger partial charge in [0, 0.05) is 19.9 Å². The second-order valence-corrected chi connectivity index (χ2v) is 9.02. The molecule has 1 N–H and O–H groups in total. The van der Waals surface area contributed by atoms with E-state index in [1.54, 1.807) is 12.1 Å². The van der Waals surface area contributed by atoms with Gasteiger partial charge in [-0.25, -0.2) is 4.98 Å². The lowest BCUT2D eigenvalue weighted by atomic mass is 9.95. The number of methoxy groups -OCH3 is 1. The SMILES string of the molecule is COc1cc(C=Nn2c(C(C)(C)C)nc3ccc(Br)cc3c2=O)c(Br)cc1O. The van der Waals surface area contributed by atoms with Gasteiger partial charge in [0.25, 0.3) is 5.56 Å². The maximum Gasteiger partial charge on any atom is 0.282 e. The Bertz CT molecular complexity index is 1150. The van der Waals surface area contributed by atoms with Crippen molar-refractivity contribution in [2.24, 2.45) is 5.10 Å². The number of nitrogens with zero attached hydrogens (tertiary/aromatic N) is 3. The number of halogens is 2. The highest BCUT2D eigenvalue weighted by atomic mass is 79.9. The molecule has 0 atom stereocenters. The molecule has 28 heavy (non-hydrogen) atoms. The van der Waals surface area contributed by atoms with Crippen molar-refractivity contribution in [1.82, 2.24) is 9.66 Å². The third kappa shape index (κ3) is 3.98. The number of rotatable bonds is 3. The normalized spacial score (nSPS) is 12.1. The Hall–Kier alpha value is -2.19. The minimum atomic E-state index is -0.401. The Morgan fingerprint density at radius 1 is 1.21 bits per heavy atom. The van der Waals surface area contributed by atoms with Gasteiger partial charge in [0.1, 0.15) is 5.82 Å². The number of phenolic OH excluding ortho intramolecular Hbond substituents is 1. The quantitative estimate of drug-likeness (QED) is 0.515. The van der Waals surface area contributed by atoms with Crippen molar-refractivity contribution in [2.45, 2.75) is 26.2 Å². The van der Waals surface area contributed by atoms with Crippen molar-refractivity contribution < 1.29 is 9.84 Å². The Morgan fingerprint density at radius 2 is 1.93 bits per heavy atom. The standard InChI is InChI=1S/C20H19Br2N3O3/c1-20(2,3)19-24-15-6-5-12(21)8-13(15)18(27)25(19)23-10-11-7-17(28-4)16(26)9-14(11)22/h5-10,26H,1-4H3. The van der Waals surface area contributed by atoms with E-state index in [2.05, 4.69) is 41.9 Å². The lowest BCUT2D eigenvalue weighted by Gasteiger charge is -2.21. The van der Waals surface area contributed by atoms with Crippen molar-refractivity contribution in [1.29, 1.82) is 0 Å². The second kappa shape index (κ2) is 7.67.